The molecule has 0 bridgehead atoms. The number of rotatable bonds is 8. The van der Waals surface area contributed by atoms with Gasteiger partial charge < -0.3 is 20.5 Å². The van der Waals surface area contributed by atoms with E-state index in [9.17, 15) is 0 Å². The number of morpholine rings is 2. The fourth-order valence-corrected chi connectivity index (χ4v) is 3.82. The van der Waals surface area contributed by atoms with Gasteiger partial charge in [-0.25, -0.2) is 0 Å². The number of nitrogens with one attached hydrogen (secondary N) is 1. The van der Waals surface area contributed by atoms with Gasteiger partial charge in [-0.3, -0.25) is 14.8 Å². The van der Waals surface area contributed by atoms with Crippen LogP contribution in [-0.2, 0) is 9.47 Å². The Balaban J connectivity index is 0.00000300. The molecule has 0 amide bonds. The van der Waals surface area contributed by atoms with Gasteiger partial charge >= 0.3 is 0 Å². The largest absolute Gasteiger partial charge is 0.379 e. The average molecular weight is 538 g/mol. The minimum absolute atomic E-state index is 0. The Kier molecular flexibility index (Phi) is 11.6. The Bertz CT molecular complexity index is 625. The van der Waals surface area contributed by atoms with E-state index in [1.165, 1.54) is 5.56 Å². The molecule has 2 fully saturated rings. The summed E-state index contributed by atoms with van der Waals surface area (Å²) < 4.78 is 10.9. The Morgan fingerprint density at radius 3 is 2.52 bits per heavy atom. The van der Waals surface area contributed by atoms with Crippen LogP contribution < -0.4 is 11.1 Å². The third-order valence-corrected chi connectivity index (χ3v) is 5.45. The van der Waals surface area contributed by atoms with E-state index in [2.05, 4.69) is 26.2 Å². The Labute approximate surface area is 196 Å². The lowest BCUT2D eigenvalue weighted by atomic mass is 10.0. The zero-order chi connectivity index (χ0) is 19.6. The second kappa shape index (κ2) is 13.6. The zero-order valence-electron chi connectivity index (χ0n) is 16.9. The molecule has 2 heterocycles. The Hall–Kier alpha value is -0.650. The van der Waals surface area contributed by atoms with Gasteiger partial charge in [0, 0.05) is 37.7 Å². The first kappa shape index (κ1) is 24.6. The number of nitrogens with two attached hydrogens (primary N) is 1. The molecule has 0 saturated carbocycles. The molecule has 7 nitrogen and oxygen atoms in total. The van der Waals surface area contributed by atoms with Crippen molar-refractivity contribution in [1.82, 2.24) is 15.1 Å². The van der Waals surface area contributed by atoms with E-state index in [-0.39, 0.29) is 30.0 Å². The first-order valence-corrected chi connectivity index (χ1v) is 10.5. The molecule has 0 spiro atoms. The quantitative estimate of drug-likeness (QED) is 0.229. The van der Waals surface area contributed by atoms with Crippen molar-refractivity contribution in [2.24, 2.45) is 10.7 Å². The zero-order valence-corrected chi connectivity index (χ0v) is 20.0. The van der Waals surface area contributed by atoms with Crippen LogP contribution in [0.4, 0.5) is 0 Å². The highest BCUT2D eigenvalue weighted by Crippen LogP contribution is 2.24. The van der Waals surface area contributed by atoms with E-state index in [0.29, 0.717) is 12.5 Å². The van der Waals surface area contributed by atoms with Crippen molar-refractivity contribution in [2.75, 3.05) is 72.2 Å². The fourth-order valence-electron chi connectivity index (χ4n) is 3.62. The van der Waals surface area contributed by atoms with Gasteiger partial charge in [-0.15, -0.1) is 24.0 Å². The molecule has 3 N–H and O–H groups in total. The highest BCUT2D eigenvalue weighted by atomic mass is 127. The van der Waals surface area contributed by atoms with Crippen molar-refractivity contribution in [3.05, 3.63) is 34.9 Å². The lowest BCUT2D eigenvalue weighted by Gasteiger charge is -2.34. The Morgan fingerprint density at radius 2 is 1.83 bits per heavy atom. The van der Waals surface area contributed by atoms with Gasteiger partial charge in [0.05, 0.1) is 39.0 Å². The molecule has 0 radical (unpaired) electrons. The fraction of sp³-hybridized carbons (Fsp3) is 0.650. The topological polar surface area (TPSA) is 75.3 Å². The third-order valence-electron chi connectivity index (χ3n) is 5.22. The number of benzene rings is 1. The monoisotopic (exact) mass is 537 g/mol. The summed E-state index contributed by atoms with van der Waals surface area (Å²) in [6.07, 6.45) is 1.04. The molecule has 1 aromatic carbocycles. The second-order valence-corrected chi connectivity index (χ2v) is 7.62. The van der Waals surface area contributed by atoms with Gasteiger partial charge in [-0.2, -0.15) is 0 Å². The van der Waals surface area contributed by atoms with Crippen LogP contribution in [0.25, 0.3) is 0 Å². The van der Waals surface area contributed by atoms with Crippen molar-refractivity contribution >= 4 is 41.5 Å². The number of hydrogen-bond acceptors (Lipinski definition) is 5. The van der Waals surface area contributed by atoms with E-state index in [4.69, 9.17) is 26.8 Å². The molecule has 0 aromatic heterocycles. The predicted octanol–water partition coefficient (Wildman–Crippen LogP) is 1.96. The van der Waals surface area contributed by atoms with Crippen LogP contribution in [-0.4, -0.2) is 88.0 Å². The standard InChI is InChI=1S/C20H32ClN5O2.HI/c21-18-4-1-3-17(15-18)19(26-9-13-28-14-10-26)16-24-20(22)23-5-2-6-25-7-11-27-12-8-25;/h1,3-4,15,19H,2,5-14,16H2,(H3,22,23,24);1H. The van der Waals surface area contributed by atoms with E-state index < -0.39 is 0 Å². The summed E-state index contributed by atoms with van der Waals surface area (Å²) in [7, 11) is 0. The van der Waals surface area contributed by atoms with Gasteiger partial charge in [0.15, 0.2) is 5.96 Å². The summed E-state index contributed by atoms with van der Waals surface area (Å²) in [5.74, 6) is 0.502. The van der Waals surface area contributed by atoms with Crippen LogP contribution >= 0.6 is 35.6 Å². The first-order valence-electron chi connectivity index (χ1n) is 10.1. The number of guanidine groups is 1. The molecule has 3 rings (SSSR count). The van der Waals surface area contributed by atoms with E-state index in [1.807, 2.05) is 18.2 Å². The molecule has 2 saturated heterocycles. The van der Waals surface area contributed by atoms with Crippen molar-refractivity contribution in [3.63, 3.8) is 0 Å². The summed E-state index contributed by atoms with van der Waals surface area (Å²) in [5.41, 5.74) is 7.28. The molecule has 164 valence electrons. The molecular weight excluding hydrogens is 505 g/mol. The van der Waals surface area contributed by atoms with Crippen LogP contribution in [0.1, 0.15) is 18.0 Å². The van der Waals surface area contributed by atoms with Crippen LogP contribution in [0.3, 0.4) is 0 Å². The summed E-state index contributed by atoms with van der Waals surface area (Å²) in [5, 5.41) is 3.99. The summed E-state index contributed by atoms with van der Waals surface area (Å²) in [6.45, 7) is 9.46. The maximum atomic E-state index is 6.21. The van der Waals surface area contributed by atoms with E-state index >= 15 is 0 Å². The Morgan fingerprint density at radius 1 is 1.14 bits per heavy atom. The maximum absolute atomic E-state index is 6.21. The average Bonchev–Trinajstić information content (AvgIpc) is 2.73. The lowest BCUT2D eigenvalue weighted by Crippen LogP contribution is -2.41. The van der Waals surface area contributed by atoms with Crippen LogP contribution in [0.5, 0.6) is 0 Å². The molecule has 1 aromatic rings. The van der Waals surface area contributed by atoms with Crippen molar-refractivity contribution in [2.45, 2.75) is 12.5 Å². The highest BCUT2D eigenvalue weighted by molar-refractivity contribution is 14.0. The second-order valence-electron chi connectivity index (χ2n) is 7.18. The van der Waals surface area contributed by atoms with Gasteiger partial charge in [0.25, 0.3) is 0 Å². The third kappa shape index (κ3) is 8.55. The van der Waals surface area contributed by atoms with E-state index in [1.54, 1.807) is 0 Å². The summed E-state index contributed by atoms with van der Waals surface area (Å²) in [6, 6.07) is 8.16. The van der Waals surface area contributed by atoms with Crippen LogP contribution in [0, 0.1) is 0 Å². The summed E-state index contributed by atoms with van der Waals surface area (Å²) >= 11 is 6.21. The smallest absolute Gasteiger partial charge is 0.188 e. The van der Waals surface area contributed by atoms with Crippen LogP contribution in [0.2, 0.25) is 5.02 Å². The number of nitrogens with zero attached hydrogens (tertiary/aromatic N) is 3. The van der Waals surface area contributed by atoms with Crippen molar-refractivity contribution in [1.29, 1.82) is 0 Å². The number of ether oxygens (including phenoxy) is 2. The number of aliphatic imine (C=N–C) groups is 1. The van der Waals surface area contributed by atoms with E-state index in [0.717, 1.165) is 77.1 Å². The molecule has 1 atom stereocenters. The highest BCUT2D eigenvalue weighted by Gasteiger charge is 2.22. The van der Waals surface area contributed by atoms with Gasteiger partial charge in [0.2, 0.25) is 0 Å². The minimum atomic E-state index is 0. The molecule has 1 unspecified atom stereocenters. The van der Waals surface area contributed by atoms with Crippen molar-refractivity contribution in [3.8, 4) is 0 Å². The molecular formula is C20H33ClIN5O2. The van der Waals surface area contributed by atoms with Crippen LogP contribution in [0.15, 0.2) is 29.3 Å². The minimum Gasteiger partial charge on any atom is -0.379 e. The summed E-state index contributed by atoms with van der Waals surface area (Å²) in [4.78, 5) is 9.43. The number of halogens is 2. The molecule has 2 aliphatic heterocycles. The number of hydrogen-bond donors (Lipinski definition) is 2. The lowest BCUT2D eigenvalue weighted by molar-refractivity contribution is 0.0180. The maximum Gasteiger partial charge on any atom is 0.188 e. The van der Waals surface area contributed by atoms with Gasteiger partial charge in [-0.05, 0) is 30.7 Å². The molecule has 0 aliphatic carbocycles. The SMILES string of the molecule is I.NC(=NCC(c1cccc(Cl)c1)N1CCOCC1)NCCCN1CCOCC1. The molecule has 2 aliphatic rings. The molecule has 29 heavy (non-hydrogen) atoms. The van der Waals surface area contributed by atoms with Crippen molar-refractivity contribution < 1.29 is 9.47 Å². The first-order chi connectivity index (χ1) is 13.7. The molecule has 9 heteroatoms. The van der Waals surface area contributed by atoms with Gasteiger partial charge in [0.1, 0.15) is 0 Å². The predicted molar refractivity (Wildman–Crippen MR) is 128 cm³/mol. The normalized spacial score (nSPS) is 20.1. The van der Waals surface area contributed by atoms with Gasteiger partial charge in [-0.1, -0.05) is 23.7 Å².